The first-order valence-electron chi connectivity index (χ1n) is 5.99. The van der Waals surface area contributed by atoms with Crippen molar-refractivity contribution in [3.63, 3.8) is 0 Å². The zero-order chi connectivity index (χ0) is 13.1. The molecule has 1 aliphatic carbocycles. The fraction of sp³-hybridized carbons (Fsp3) is 0.692. The molecule has 1 N–H and O–H groups in total. The topological polar surface area (TPSA) is 63.6 Å². The molecule has 96 valence electrons. The van der Waals surface area contributed by atoms with E-state index >= 15 is 0 Å². The van der Waals surface area contributed by atoms with Crippen LogP contribution >= 0.6 is 0 Å². The summed E-state index contributed by atoms with van der Waals surface area (Å²) in [5.41, 5.74) is -0.258. The number of carbonyl (C=O) groups excluding carboxylic acids is 1. The van der Waals surface area contributed by atoms with Crippen LogP contribution in [0.5, 0.6) is 0 Å². The van der Waals surface area contributed by atoms with E-state index in [9.17, 15) is 9.59 Å². The Hall–Kier alpha value is -1.32. The van der Waals surface area contributed by atoms with Gasteiger partial charge in [0.25, 0.3) is 0 Å². The highest BCUT2D eigenvalue weighted by Gasteiger charge is 2.60. The number of aliphatic carboxylic acids is 1. The average molecular weight is 240 g/mol. The van der Waals surface area contributed by atoms with E-state index in [4.69, 9.17) is 9.84 Å². The minimum atomic E-state index is -0.802. The van der Waals surface area contributed by atoms with Gasteiger partial charge >= 0.3 is 11.9 Å². The lowest BCUT2D eigenvalue weighted by molar-refractivity contribution is -0.140. The number of hydrogen-bond donors (Lipinski definition) is 1. The number of rotatable bonds is 6. The summed E-state index contributed by atoms with van der Waals surface area (Å²) in [4.78, 5) is 22.2. The van der Waals surface area contributed by atoms with E-state index in [0.717, 1.165) is 12.8 Å². The summed E-state index contributed by atoms with van der Waals surface area (Å²) >= 11 is 0. The predicted octanol–water partition coefficient (Wildman–Crippen LogP) is 2.24. The SMILES string of the molecule is CCCCOC(=O)C=C[C@H]1[C@@H](C(=O)O)C1(C)C. The minimum Gasteiger partial charge on any atom is -0.481 e. The van der Waals surface area contributed by atoms with Crippen molar-refractivity contribution < 1.29 is 19.4 Å². The molecule has 1 rings (SSSR count). The Labute approximate surface area is 102 Å². The molecule has 2 atom stereocenters. The lowest BCUT2D eigenvalue weighted by atomic mass is 10.1. The van der Waals surface area contributed by atoms with Crippen molar-refractivity contribution >= 4 is 11.9 Å². The van der Waals surface area contributed by atoms with Crippen LogP contribution in [0.4, 0.5) is 0 Å². The number of carboxylic acid groups (broad SMARTS) is 1. The fourth-order valence-electron chi connectivity index (χ4n) is 2.06. The Kier molecular flexibility index (Phi) is 4.32. The second-order valence-corrected chi connectivity index (χ2v) is 5.04. The van der Waals surface area contributed by atoms with E-state index < -0.39 is 5.97 Å². The minimum absolute atomic E-state index is 0.0706. The Morgan fingerprint density at radius 2 is 2.06 bits per heavy atom. The molecule has 0 aromatic heterocycles. The van der Waals surface area contributed by atoms with Gasteiger partial charge in [-0.25, -0.2) is 4.79 Å². The van der Waals surface area contributed by atoms with Crippen LogP contribution in [0.1, 0.15) is 33.6 Å². The van der Waals surface area contributed by atoms with E-state index in [1.54, 1.807) is 6.08 Å². The zero-order valence-electron chi connectivity index (χ0n) is 10.6. The molecule has 4 nitrogen and oxygen atoms in total. The average Bonchev–Trinajstić information content (AvgIpc) is 2.78. The third-order valence-electron chi connectivity index (χ3n) is 3.36. The van der Waals surface area contributed by atoms with Crippen LogP contribution in [-0.2, 0) is 14.3 Å². The second-order valence-electron chi connectivity index (χ2n) is 5.04. The Balaban J connectivity index is 2.40. The zero-order valence-corrected chi connectivity index (χ0v) is 10.6. The molecule has 0 aromatic carbocycles. The van der Waals surface area contributed by atoms with Gasteiger partial charge in [0.1, 0.15) is 0 Å². The Morgan fingerprint density at radius 1 is 1.41 bits per heavy atom. The molecule has 4 heteroatoms. The monoisotopic (exact) mass is 240 g/mol. The number of carbonyl (C=O) groups is 2. The van der Waals surface area contributed by atoms with Gasteiger partial charge in [0.05, 0.1) is 12.5 Å². The first-order valence-corrected chi connectivity index (χ1v) is 5.99. The number of allylic oxidation sites excluding steroid dienone is 1. The summed E-state index contributed by atoms with van der Waals surface area (Å²) in [7, 11) is 0. The van der Waals surface area contributed by atoms with Crippen molar-refractivity contribution in [2.45, 2.75) is 33.6 Å². The molecule has 0 heterocycles. The van der Waals surface area contributed by atoms with Gasteiger partial charge in [0, 0.05) is 6.08 Å². The largest absolute Gasteiger partial charge is 0.481 e. The van der Waals surface area contributed by atoms with Crippen LogP contribution in [0.2, 0.25) is 0 Å². The Morgan fingerprint density at radius 3 is 2.53 bits per heavy atom. The van der Waals surface area contributed by atoms with Gasteiger partial charge in [-0.15, -0.1) is 0 Å². The van der Waals surface area contributed by atoms with Gasteiger partial charge in [0.2, 0.25) is 0 Å². The molecule has 0 amide bonds. The van der Waals surface area contributed by atoms with Crippen molar-refractivity contribution in [3.8, 4) is 0 Å². The predicted molar refractivity (Wildman–Crippen MR) is 63.4 cm³/mol. The summed E-state index contributed by atoms with van der Waals surface area (Å²) in [6.45, 7) is 6.23. The van der Waals surface area contributed by atoms with Crippen molar-refractivity contribution in [1.29, 1.82) is 0 Å². The molecule has 0 unspecified atom stereocenters. The second kappa shape index (κ2) is 5.34. The van der Waals surface area contributed by atoms with Crippen molar-refractivity contribution in [2.75, 3.05) is 6.61 Å². The first-order chi connectivity index (χ1) is 7.91. The molecule has 1 saturated carbocycles. The first kappa shape index (κ1) is 13.7. The van der Waals surface area contributed by atoms with Gasteiger partial charge in [-0.3, -0.25) is 4.79 Å². The molecule has 17 heavy (non-hydrogen) atoms. The maximum atomic E-state index is 11.3. The normalized spacial score (nSPS) is 25.8. The summed E-state index contributed by atoms with van der Waals surface area (Å²) in [6, 6.07) is 0. The molecular weight excluding hydrogens is 220 g/mol. The quantitative estimate of drug-likeness (QED) is 0.439. The Bertz CT molecular complexity index is 330. The third kappa shape index (κ3) is 3.32. The van der Waals surface area contributed by atoms with Crippen molar-refractivity contribution in [1.82, 2.24) is 0 Å². The molecule has 1 aliphatic rings. The van der Waals surface area contributed by atoms with Crippen LogP contribution in [-0.4, -0.2) is 23.7 Å². The lowest BCUT2D eigenvalue weighted by Crippen LogP contribution is -2.03. The molecule has 0 spiro atoms. The number of unbranched alkanes of at least 4 members (excludes halogenated alkanes) is 1. The van der Waals surface area contributed by atoms with E-state index in [0.29, 0.717) is 6.61 Å². The van der Waals surface area contributed by atoms with Crippen molar-refractivity contribution in [3.05, 3.63) is 12.2 Å². The fourth-order valence-corrected chi connectivity index (χ4v) is 2.06. The molecule has 0 aliphatic heterocycles. The maximum absolute atomic E-state index is 11.3. The summed E-state index contributed by atoms with van der Waals surface area (Å²) in [5, 5.41) is 8.95. The van der Waals surface area contributed by atoms with Gasteiger partial charge in [0.15, 0.2) is 0 Å². The van der Waals surface area contributed by atoms with Gasteiger partial charge in [-0.1, -0.05) is 33.3 Å². The highest BCUT2D eigenvalue weighted by atomic mass is 16.5. The summed E-state index contributed by atoms with van der Waals surface area (Å²) in [6.07, 6.45) is 4.85. The smallest absolute Gasteiger partial charge is 0.330 e. The summed E-state index contributed by atoms with van der Waals surface area (Å²) < 4.78 is 4.95. The summed E-state index contributed by atoms with van der Waals surface area (Å²) in [5.74, 6) is -1.64. The van der Waals surface area contributed by atoms with Crippen LogP contribution in [0, 0.1) is 17.3 Å². The standard InChI is InChI=1S/C13H20O4/c1-4-5-8-17-10(14)7-6-9-11(12(15)16)13(9,2)3/h6-7,9,11H,4-5,8H2,1-3H3,(H,15,16)/t9-,11-/m0/s1. The molecule has 1 fully saturated rings. The molecular formula is C13H20O4. The van der Waals surface area contributed by atoms with Crippen molar-refractivity contribution in [2.24, 2.45) is 17.3 Å². The number of carboxylic acids is 1. The molecule has 0 radical (unpaired) electrons. The number of hydrogen-bond acceptors (Lipinski definition) is 3. The highest BCUT2D eigenvalue weighted by Crippen LogP contribution is 2.58. The van der Waals surface area contributed by atoms with E-state index in [1.807, 2.05) is 20.8 Å². The number of ether oxygens (including phenoxy) is 1. The molecule has 0 saturated heterocycles. The lowest BCUT2D eigenvalue weighted by Gasteiger charge is -1.99. The van der Waals surface area contributed by atoms with Crippen LogP contribution in [0.3, 0.4) is 0 Å². The maximum Gasteiger partial charge on any atom is 0.330 e. The molecule has 0 bridgehead atoms. The van der Waals surface area contributed by atoms with Gasteiger partial charge in [-0.05, 0) is 17.8 Å². The van der Waals surface area contributed by atoms with Crippen LogP contribution < -0.4 is 0 Å². The highest BCUT2D eigenvalue weighted by molar-refractivity contribution is 5.83. The van der Waals surface area contributed by atoms with Crippen LogP contribution in [0.15, 0.2) is 12.2 Å². The van der Waals surface area contributed by atoms with Crippen LogP contribution in [0.25, 0.3) is 0 Å². The molecule has 0 aromatic rings. The van der Waals surface area contributed by atoms with E-state index in [-0.39, 0.29) is 23.2 Å². The number of esters is 1. The third-order valence-corrected chi connectivity index (χ3v) is 3.36. The van der Waals surface area contributed by atoms with E-state index in [1.165, 1.54) is 6.08 Å². The van der Waals surface area contributed by atoms with E-state index in [2.05, 4.69) is 0 Å². The van der Waals surface area contributed by atoms with Gasteiger partial charge in [-0.2, -0.15) is 0 Å². The van der Waals surface area contributed by atoms with Gasteiger partial charge < -0.3 is 9.84 Å².